The summed E-state index contributed by atoms with van der Waals surface area (Å²) in [5, 5.41) is 6.24. The van der Waals surface area contributed by atoms with Crippen molar-refractivity contribution in [1.29, 1.82) is 0 Å². The molecule has 0 heterocycles. The molecule has 4 atom stereocenters. The van der Waals surface area contributed by atoms with E-state index in [1.165, 1.54) is 24.8 Å². The fraction of sp³-hybridized carbons (Fsp3) is 0.588. The topological polar surface area (TPSA) is 41.1 Å². The van der Waals surface area contributed by atoms with Crippen LogP contribution in [0.25, 0.3) is 0 Å². The number of anilines is 1. The van der Waals surface area contributed by atoms with Crippen LogP contribution >= 0.6 is 0 Å². The summed E-state index contributed by atoms with van der Waals surface area (Å²) in [6, 6.07) is 8.17. The number of carbonyl (C=O) groups excluding carboxylic acids is 1. The minimum Gasteiger partial charge on any atom is -0.326 e. The van der Waals surface area contributed by atoms with Crippen molar-refractivity contribution < 1.29 is 4.79 Å². The van der Waals surface area contributed by atoms with Crippen molar-refractivity contribution >= 4 is 11.6 Å². The average molecular weight is 270 g/mol. The molecular weight excluding hydrogens is 248 g/mol. The van der Waals surface area contributed by atoms with Crippen LogP contribution in [0.15, 0.2) is 24.3 Å². The van der Waals surface area contributed by atoms with E-state index in [1.54, 1.807) is 0 Å². The highest BCUT2D eigenvalue weighted by atomic mass is 16.2. The van der Waals surface area contributed by atoms with E-state index < -0.39 is 0 Å². The van der Waals surface area contributed by atoms with Crippen LogP contribution < -0.4 is 10.6 Å². The fourth-order valence-corrected chi connectivity index (χ4v) is 4.81. The Balaban J connectivity index is 1.39. The number of fused-ring (bicyclic) bond motifs is 5. The number of hydrogen-bond donors (Lipinski definition) is 2. The average Bonchev–Trinajstić information content (AvgIpc) is 2.90. The third kappa shape index (κ3) is 1.87. The monoisotopic (exact) mass is 270 g/mol. The van der Waals surface area contributed by atoms with Gasteiger partial charge in [-0.3, -0.25) is 4.79 Å². The highest BCUT2D eigenvalue weighted by Crippen LogP contribution is 2.69. The molecule has 20 heavy (non-hydrogen) atoms. The Morgan fingerprint density at radius 1 is 1.15 bits per heavy atom. The SMILES string of the molecule is CNCc1ccc(NC(=O)C2C3C4CCC(C4)C23)cc1. The van der Waals surface area contributed by atoms with Crippen LogP contribution in [-0.4, -0.2) is 13.0 Å². The van der Waals surface area contributed by atoms with E-state index in [4.69, 9.17) is 0 Å². The Morgan fingerprint density at radius 3 is 2.40 bits per heavy atom. The lowest BCUT2D eigenvalue weighted by atomic mass is 10.0. The number of amides is 1. The highest BCUT2D eigenvalue weighted by Gasteiger charge is 2.67. The van der Waals surface area contributed by atoms with Gasteiger partial charge in [0.2, 0.25) is 5.91 Å². The Hall–Kier alpha value is -1.35. The van der Waals surface area contributed by atoms with Crippen LogP contribution in [0.4, 0.5) is 5.69 Å². The first kappa shape index (κ1) is 12.4. The number of benzene rings is 1. The summed E-state index contributed by atoms with van der Waals surface area (Å²) in [6.45, 7) is 0.865. The van der Waals surface area contributed by atoms with Crippen molar-refractivity contribution in [2.24, 2.45) is 29.6 Å². The summed E-state index contributed by atoms with van der Waals surface area (Å²) < 4.78 is 0. The fourth-order valence-electron chi connectivity index (χ4n) is 4.81. The number of carbonyl (C=O) groups is 1. The molecule has 2 N–H and O–H groups in total. The van der Waals surface area contributed by atoms with Gasteiger partial charge in [0.1, 0.15) is 0 Å². The Bertz CT molecular complexity index is 508. The van der Waals surface area contributed by atoms with E-state index in [9.17, 15) is 4.79 Å². The van der Waals surface area contributed by atoms with Gasteiger partial charge < -0.3 is 10.6 Å². The molecule has 0 aliphatic heterocycles. The van der Waals surface area contributed by atoms with E-state index in [2.05, 4.69) is 22.8 Å². The number of rotatable bonds is 4. The molecular formula is C17H22N2O. The minimum absolute atomic E-state index is 0.262. The van der Waals surface area contributed by atoms with Crippen LogP contribution in [0.1, 0.15) is 24.8 Å². The van der Waals surface area contributed by atoms with Crippen LogP contribution in [0.2, 0.25) is 0 Å². The molecule has 4 rings (SSSR count). The van der Waals surface area contributed by atoms with Gasteiger partial charge in [-0.05, 0) is 67.7 Å². The quantitative estimate of drug-likeness (QED) is 0.883. The second-order valence-corrected chi connectivity index (χ2v) is 6.73. The molecule has 3 nitrogen and oxygen atoms in total. The van der Waals surface area contributed by atoms with Gasteiger partial charge in [-0.15, -0.1) is 0 Å². The van der Waals surface area contributed by atoms with Crippen molar-refractivity contribution in [1.82, 2.24) is 5.32 Å². The van der Waals surface area contributed by atoms with E-state index in [0.717, 1.165) is 35.9 Å². The summed E-state index contributed by atoms with van der Waals surface area (Å²) in [5.41, 5.74) is 2.18. The summed E-state index contributed by atoms with van der Waals surface area (Å²) in [6.07, 6.45) is 4.14. The molecule has 0 spiro atoms. The maximum Gasteiger partial charge on any atom is 0.228 e. The molecule has 0 aromatic heterocycles. The first-order valence-electron chi connectivity index (χ1n) is 7.82. The molecule has 3 heteroatoms. The lowest BCUT2D eigenvalue weighted by molar-refractivity contribution is -0.118. The molecule has 0 saturated heterocycles. The summed E-state index contributed by atoms with van der Waals surface area (Å²) in [5.74, 6) is 3.74. The molecule has 3 aliphatic carbocycles. The van der Waals surface area contributed by atoms with Crippen molar-refractivity contribution in [3.63, 3.8) is 0 Å². The maximum absolute atomic E-state index is 12.4. The maximum atomic E-state index is 12.4. The second-order valence-electron chi connectivity index (χ2n) is 6.73. The predicted octanol–water partition coefficient (Wildman–Crippen LogP) is 2.64. The van der Waals surface area contributed by atoms with Gasteiger partial charge in [-0.1, -0.05) is 12.1 Å². The van der Waals surface area contributed by atoms with Gasteiger partial charge >= 0.3 is 0 Å². The highest BCUT2D eigenvalue weighted by molar-refractivity contribution is 5.95. The molecule has 106 valence electrons. The molecule has 1 aromatic rings. The second kappa shape index (κ2) is 4.59. The first-order chi connectivity index (χ1) is 9.78. The largest absolute Gasteiger partial charge is 0.326 e. The molecule has 3 saturated carbocycles. The lowest BCUT2D eigenvalue weighted by Gasteiger charge is -2.10. The zero-order valence-electron chi connectivity index (χ0n) is 11.9. The predicted molar refractivity (Wildman–Crippen MR) is 79.1 cm³/mol. The van der Waals surface area contributed by atoms with Crippen LogP contribution in [0, 0.1) is 29.6 Å². The molecule has 3 fully saturated rings. The van der Waals surface area contributed by atoms with E-state index in [1.807, 2.05) is 19.2 Å². The first-order valence-corrected chi connectivity index (χ1v) is 7.82. The van der Waals surface area contributed by atoms with Crippen molar-refractivity contribution in [2.75, 3.05) is 12.4 Å². The van der Waals surface area contributed by atoms with Gasteiger partial charge in [0, 0.05) is 18.2 Å². The van der Waals surface area contributed by atoms with Gasteiger partial charge in [0.25, 0.3) is 0 Å². The molecule has 1 aromatic carbocycles. The normalized spacial score (nSPS) is 36.8. The van der Waals surface area contributed by atoms with Gasteiger partial charge in [0.05, 0.1) is 0 Å². The Kier molecular flexibility index (Phi) is 2.84. The zero-order chi connectivity index (χ0) is 13.7. The third-order valence-electron chi connectivity index (χ3n) is 5.64. The van der Waals surface area contributed by atoms with Crippen molar-refractivity contribution in [3.8, 4) is 0 Å². The smallest absolute Gasteiger partial charge is 0.228 e. The zero-order valence-corrected chi connectivity index (χ0v) is 11.9. The summed E-state index contributed by atoms with van der Waals surface area (Å²) in [7, 11) is 1.94. The van der Waals surface area contributed by atoms with Crippen molar-refractivity contribution in [2.45, 2.75) is 25.8 Å². The van der Waals surface area contributed by atoms with Gasteiger partial charge in [-0.25, -0.2) is 0 Å². The van der Waals surface area contributed by atoms with E-state index >= 15 is 0 Å². The molecule has 2 bridgehead atoms. The Labute approximate surface area is 120 Å². The third-order valence-corrected chi connectivity index (χ3v) is 5.64. The number of nitrogens with one attached hydrogen (secondary N) is 2. The molecule has 3 aliphatic rings. The van der Waals surface area contributed by atoms with Crippen LogP contribution in [0.3, 0.4) is 0 Å². The standard InChI is InChI=1S/C17H22N2O/c1-18-9-10-2-6-13(7-3-10)19-17(20)16-14-11-4-5-12(8-11)15(14)16/h2-3,6-7,11-12,14-16,18H,4-5,8-9H2,1H3,(H,19,20). The lowest BCUT2D eigenvalue weighted by Crippen LogP contribution is -2.18. The molecule has 0 radical (unpaired) electrons. The van der Waals surface area contributed by atoms with Crippen LogP contribution in [0.5, 0.6) is 0 Å². The van der Waals surface area contributed by atoms with Crippen LogP contribution in [-0.2, 0) is 11.3 Å². The summed E-state index contributed by atoms with van der Waals surface area (Å²) in [4.78, 5) is 12.4. The molecule has 1 amide bonds. The van der Waals surface area contributed by atoms with Gasteiger partial charge in [0.15, 0.2) is 0 Å². The Morgan fingerprint density at radius 2 is 1.80 bits per heavy atom. The number of hydrogen-bond acceptors (Lipinski definition) is 2. The molecule has 4 unspecified atom stereocenters. The van der Waals surface area contributed by atoms with E-state index in [-0.39, 0.29) is 5.91 Å². The summed E-state index contributed by atoms with van der Waals surface area (Å²) >= 11 is 0. The van der Waals surface area contributed by atoms with Gasteiger partial charge in [-0.2, -0.15) is 0 Å². The minimum atomic E-state index is 0.262. The van der Waals surface area contributed by atoms with Crippen molar-refractivity contribution in [3.05, 3.63) is 29.8 Å². The van der Waals surface area contributed by atoms with E-state index in [0.29, 0.717) is 5.92 Å².